The summed E-state index contributed by atoms with van der Waals surface area (Å²) in [5.74, 6) is 1.61. The molecule has 0 bridgehead atoms. The Morgan fingerprint density at radius 1 is 1.28 bits per heavy atom. The molecule has 7 nitrogen and oxygen atoms in total. The van der Waals surface area contributed by atoms with Crippen molar-refractivity contribution in [2.45, 2.75) is 38.8 Å². The van der Waals surface area contributed by atoms with Crippen LogP contribution in [0, 0.1) is 12.8 Å². The molecule has 1 saturated heterocycles. The van der Waals surface area contributed by atoms with E-state index in [0.29, 0.717) is 11.9 Å². The predicted molar refractivity (Wildman–Crippen MR) is 111 cm³/mol. The van der Waals surface area contributed by atoms with Crippen LogP contribution in [-0.2, 0) is 4.79 Å². The number of ether oxygens (including phenoxy) is 1. The van der Waals surface area contributed by atoms with Gasteiger partial charge in [-0.2, -0.15) is 5.10 Å². The van der Waals surface area contributed by atoms with Gasteiger partial charge in [-0.05, 0) is 57.5 Å². The summed E-state index contributed by atoms with van der Waals surface area (Å²) in [7, 11) is 2.10. The number of pyridine rings is 2. The Hall–Kier alpha value is -2.93. The van der Waals surface area contributed by atoms with Gasteiger partial charge in [0.2, 0.25) is 5.91 Å². The minimum Gasteiger partial charge on any atom is -0.485 e. The zero-order valence-corrected chi connectivity index (χ0v) is 16.9. The van der Waals surface area contributed by atoms with Gasteiger partial charge in [0.1, 0.15) is 11.9 Å². The summed E-state index contributed by atoms with van der Waals surface area (Å²) in [5, 5.41) is 7.38. The molecule has 1 amide bonds. The zero-order valence-electron chi connectivity index (χ0n) is 16.9. The number of likely N-dealkylation sites (N-methyl/N-ethyl adjacent to an activating group) is 1. The van der Waals surface area contributed by atoms with E-state index < -0.39 is 0 Å². The van der Waals surface area contributed by atoms with E-state index in [-0.39, 0.29) is 17.9 Å². The Morgan fingerprint density at radius 2 is 2.10 bits per heavy atom. The average Bonchev–Trinajstić information content (AvgIpc) is 3.49. The Kier molecular flexibility index (Phi) is 4.28. The van der Waals surface area contributed by atoms with Crippen LogP contribution in [0.5, 0.6) is 5.75 Å². The largest absolute Gasteiger partial charge is 0.485 e. The first-order valence-corrected chi connectivity index (χ1v) is 10.1. The van der Waals surface area contributed by atoms with Gasteiger partial charge in [0.25, 0.3) is 0 Å². The number of aryl methyl sites for hydroxylation is 1. The normalized spacial score (nSPS) is 21.8. The van der Waals surface area contributed by atoms with Crippen LogP contribution in [0.25, 0.3) is 16.6 Å². The summed E-state index contributed by atoms with van der Waals surface area (Å²) in [6.45, 7) is 5.07. The molecule has 150 valence electrons. The number of anilines is 1. The maximum absolute atomic E-state index is 12.0. The Labute approximate surface area is 169 Å². The maximum Gasteiger partial charge on any atom is 0.228 e. The SMILES string of the molecule is Cc1cc(-c2ccn3nc(NC(=O)C4CC4)cc3c2)c(OC2CN(C)[C@H]2C)cn1. The van der Waals surface area contributed by atoms with Gasteiger partial charge in [-0.1, -0.05) is 0 Å². The molecular formula is C22H25N5O2. The van der Waals surface area contributed by atoms with Crippen molar-refractivity contribution < 1.29 is 9.53 Å². The number of fused-ring (bicyclic) bond motifs is 1. The van der Waals surface area contributed by atoms with Crippen LogP contribution in [0.1, 0.15) is 25.5 Å². The van der Waals surface area contributed by atoms with Crippen molar-refractivity contribution in [3.05, 3.63) is 42.4 Å². The molecule has 2 aliphatic rings. The molecule has 1 N–H and O–H groups in total. The van der Waals surface area contributed by atoms with E-state index in [1.54, 1.807) is 4.52 Å². The van der Waals surface area contributed by atoms with Crippen LogP contribution >= 0.6 is 0 Å². The standard InChI is InChI=1S/C22H25N5O2/c1-13-8-18(19(11-23-13)29-20-12-26(3)14(20)2)16-6-7-27-17(9-16)10-21(25-27)24-22(28)15-4-5-15/h6-11,14-15,20H,4-5,12H2,1-3H3,(H,24,25,28)/t14-,20?/m0/s1. The molecule has 29 heavy (non-hydrogen) atoms. The lowest BCUT2D eigenvalue weighted by Gasteiger charge is -2.43. The molecule has 3 aromatic heterocycles. The van der Waals surface area contributed by atoms with E-state index >= 15 is 0 Å². The van der Waals surface area contributed by atoms with Gasteiger partial charge >= 0.3 is 0 Å². The molecule has 7 heteroatoms. The molecule has 2 fully saturated rings. The minimum absolute atomic E-state index is 0.0636. The van der Waals surface area contributed by atoms with Crippen LogP contribution in [-0.4, -0.2) is 51.1 Å². The molecule has 0 aromatic carbocycles. The summed E-state index contributed by atoms with van der Waals surface area (Å²) in [6.07, 6.45) is 5.85. The molecule has 5 rings (SSSR count). The number of amides is 1. The lowest BCUT2D eigenvalue weighted by Crippen LogP contribution is -2.58. The first-order valence-electron chi connectivity index (χ1n) is 10.1. The van der Waals surface area contributed by atoms with Gasteiger partial charge in [-0.15, -0.1) is 0 Å². The van der Waals surface area contributed by atoms with Crippen LogP contribution in [0.15, 0.2) is 36.7 Å². The second-order valence-corrected chi connectivity index (χ2v) is 8.24. The second kappa shape index (κ2) is 6.84. The number of hydrogen-bond donors (Lipinski definition) is 1. The highest BCUT2D eigenvalue weighted by Gasteiger charge is 2.35. The number of rotatable bonds is 5. The average molecular weight is 391 g/mol. The molecule has 1 aliphatic heterocycles. The van der Waals surface area contributed by atoms with Gasteiger partial charge in [0.15, 0.2) is 5.82 Å². The minimum atomic E-state index is 0.0636. The topological polar surface area (TPSA) is 71.8 Å². The van der Waals surface area contributed by atoms with E-state index in [9.17, 15) is 4.79 Å². The third-order valence-electron chi connectivity index (χ3n) is 5.96. The molecule has 2 atom stereocenters. The van der Waals surface area contributed by atoms with E-state index in [4.69, 9.17) is 4.74 Å². The quantitative estimate of drug-likeness (QED) is 0.723. The number of nitrogens with one attached hydrogen (secondary N) is 1. The van der Waals surface area contributed by atoms with Crippen molar-refractivity contribution in [3.8, 4) is 16.9 Å². The van der Waals surface area contributed by atoms with E-state index in [0.717, 1.165) is 47.5 Å². The van der Waals surface area contributed by atoms with E-state index in [2.05, 4.69) is 46.4 Å². The van der Waals surface area contributed by atoms with Crippen molar-refractivity contribution in [3.63, 3.8) is 0 Å². The third-order valence-corrected chi connectivity index (χ3v) is 5.96. The first kappa shape index (κ1) is 18.1. The summed E-state index contributed by atoms with van der Waals surface area (Å²) >= 11 is 0. The Balaban J connectivity index is 1.45. The third kappa shape index (κ3) is 3.46. The molecular weight excluding hydrogens is 366 g/mol. The van der Waals surface area contributed by atoms with Gasteiger partial charge in [0, 0.05) is 42.0 Å². The fourth-order valence-electron chi connectivity index (χ4n) is 3.71. The molecule has 1 saturated carbocycles. The van der Waals surface area contributed by atoms with Crippen LogP contribution in [0.4, 0.5) is 5.82 Å². The van der Waals surface area contributed by atoms with E-state index in [1.807, 2.05) is 31.5 Å². The number of aromatic nitrogens is 3. The van der Waals surface area contributed by atoms with Crippen molar-refractivity contribution in [2.75, 3.05) is 18.9 Å². The molecule has 3 aromatic rings. The number of likely N-dealkylation sites (tertiary alicyclic amines) is 1. The molecule has 0 radical (unpaired) electrons. The monoisotopic (exact) mass is 391 g/mol. The zero-order chi connectivity index (χ0) is 20.1. The number of hydrogen-bond acceptors (Lipinski definition) is 5. The number of carbonyl (C=O) groups is 1. The van der Waals surface area contributed by atoms with Crippen LogP contribution in [0.2, 0.25) is 0 Å². The van der Waals surface area contributed by atoms with Crippen molar-refractivity contribution in [2.24, 2.45) is 5.92 Å². The number of nitrogens with zero attached hydrogens (tertiary/aromatic N) is 4. The molecule has 4 heterocycles. The van der Waals surface area contributed by atoms with Crippen LogP contribution in [0.3, 0.4) is 0 Å². The predicted octanol–water partition coefficient (Wildman–Crippen LogP) is 3.13. The van der Waals surface area contributed by atoms with E-state index in [1.165, 1.54) is 0 Å². The summed E-state index contributed by atoms with van der Waals surface area (Å²) in [4.78, 5) is 18.7. The first-order chi connectivity index (χ1) is 14.0. The Bertz CT molecular complexity index is 1090. The lowest BCUT2D eigenvalue weighted by molar-refractivity contribution is -0.117. The summed E-state index contributed by atoms with van der Waals surface area (Å²) < 4.78 is 8.07. The van der Waals surface area contributed by atoms with Gasteiger partial charge in [0.05, 0.1) is 11.7 Å². The highest BCUT2D eigenvalue weighted by atomic mass is 16.5. The van der Waals surface area contributed by atoms with Crippen molar-refractivity contribution in [1.29, 1.82) is 0 Å². The number of carbonyl (C=O) groups excluding carboxylic acids is 1. The summed E-state index contributed by atoms with van der Waals surface area (Å²) in [5.41, 5.74) is 3.92. The van der Waals surface area contributed by atoms with Crippen molar-refractivity contribution >= 4 is 17.2 Å². The maximum atomic E-state index is 12.0. The highest BCUT2D eigenvalue weighted by molar-refractivity contribution is 5.93. The highest BCUT2D eigenvalue weighted by Crippen LogP contribution is 2.34. The fourth-order valence-corrected chi connectivity index (χ4v) is 3.71. The van der Waals surface area contributed by atoms with Gasteiger partial charge in [-0.25, -0.2) is 4.52 Å². The van der Waals surface area contributed by atoms with Crippen molar-refractivity contribution in [1.82, 2.24) is 19.5 Å². The fraction of sp³-hybridized carbons (Fsp3) is 0.409. The van der Waals surface area contributed by atoms with Gasteiger partial charge in [-0.3, -0.25) is 14.7 Å². The van der Waals surface area contributed by atoms with Crippen LogP contribution < -0.4 is 10.1 Å². The smallest absolute Gasteiger partial charge is 0.228 e. The van der Waals surface area contributed by atoms with Gasteiger partial charge < -0.3 is 10.1 Å². The second-order valence-electron chi connectivity index (χ2n) is 8.24. The molecule has 0 spiro atoms. The lowest BCUT2D eigenvalue weighted by atomic mass is 10.0. The summed E-state index contributed by atoms with van der Waals surface area (Å²) in [6, 6.07) is 8.43. The molecule has 1 aliphatic carbocycles. The molecule has 1 unspecified atom stereocenters. The Morgan fingerprint density at radius 3 is 2.83 bits per heavy atom.